The zero-order chi connectivity index (χ0) is 18.8. The number of fused-ring (bicyclic) bond motifs is 1. The standard InChI is InChI=1S/C23H19FN2O/c24-23(27)17-11-12-20-18(13-17)21(15-7-3-1-4-8-15)19(14-25)22(26-20)16-9-5-2-6-10-16/h1,3-4,7-8,11-13,16H,2,5-6,9-10H2. The van der Waals surface area contributed by atoms with E-state index in [1.165, 1.54) is 18.6 Å². The number of nitriles is 1. The molecule has 3 aromatic rings. The highest BCUT2D eigenvalue weighted by Crippen LogP contribution is 2.40. The van der Waals surface area contributed by atoms with Crippen molar-refractivity contribution < 1.29 is 9.18 Å². The Morgan fingerprint density at radius 3 is 2.48 bits per heavy atom. The third-order valence-corrected chi connectivity index (χ3v) is 5.41. The monoisotopic (exact) mass is 358 g/mol. The first-order chi connectivity index (χ1) is 13.2. The fourth-order valence-electron chi connectivity index (χ4n) is 4.09. The van der Waals surface area contributed by atoms with Crippen molar-refractivity contribution in [1.29, 1.82) is 5.26 Å². The van der Waals surface area contributed by atoms with Gasteiger partial charge in [0.2, 0.25) is 0 Å². The van der Waals surface area contributed by atoms with Crippen molar-refractivity contribution >= 4 is 16.9 Å². The third-order valence-electron chi connectivity index (χ3n) is 5.41. The highest BCUT2D eigenvalue weighted by atomic mass is 19.1. The van der Waals surface area contributed by atoms with E-state index >= 15 is 0 Å². The number of carbonyl (C=O) groups excluding carboxylic acids is 1. The van der Waals surface area contributed by atoms with Gasteiger partial charge in [-0.05, 0) is 36.6 Å². The molecule has 1 saturated carbocycles. The molecule has 0 radical (unpaired) electrons. The molecule has 4 rings (SSSR count). The van der Waals surface area contributed by atoms with Crippen LogP contribution in [0.1, 0.15) is 59.6 Å². The van der Waals surface area contributed by atoms with Crippen LogP contribution < -0.4 is 0 Å². The number of hydrogen-bond acceptors (Lipinski definition) is 3. The molecule has 134 valence electrons. The molecule has 3 nitrogen and oxygen atoms in total. The van der Waals surface area contributed by atoms with Gasteiger partial charge in [-0.15, -0.1) is 0 Å². The van der Waals surface area contributed by atoms with Gasteiger partial charge in [0, 0.05) is 16.9 Å². The minimum absolute atomic E-state index is 0.0178. The fourth-order valence-corrected chi connectivity index (χ4v) is 4.09. The van der Waals surface area contributed by atoms with Crippen LogP contribution in [-0.4, -0.2) is 11.0 Å². The number of pyridine rings is 1. The summed E-state index contributed by atoms with van der Waals surface area (Å²) in [5, 5.41) is 10.6. The molecule has 27 heavy (non-hydrogen) atoms. The van der Waals surface area contributed by atoms with Gasteiger partial charge < -0.3 is 0 Å². The number of halogens is 1. The van der Waals surface area contributed by atoms with Gasteiger partial charge in [-0.3, -0.25) is 9.78 Å². The zero-order valence-corrected chi connectivity index (χ0v) is 14.9. The van der Waals surface area contributed by atoms with Crippen molar-refractivity contribution in [2.24, 2.45) is 0 Å². The van der Waals surface area contributed by atoms with Crippen molar-refractivity contribution in [3.63, 3.8) is 0 Å². The predicted molar refractivity (Wildman–Crippen MR) is 103 cm³/mol. The van der Waals surface area contributed by atoms with Crippen LogP contribution in [0.3, 0.4) is 0 Å². The smallest absolute Gasteiger partial charge is 0.255 e. The number of carbonyl (C=O) groups is 1. The van der Waals surface area contributed by atoms with Crippen LogP contribution in [0.5, 0.6) is 0 Å². The normalized spacial score (nSPS) is 14.8. The molecule has 1 aliphatic carbocycles. The van der Waals surface area contributed by atoms with Crippen molar-refractivity contribution in [1.82, 2.24) is 4.98 Å². The molecule has 0 saturated heterocycles. The van der Waals surface area contributed by atoms with Gasteiger partial charge in [0.25, 0.3) is 0 Å². The van der Waals surface area contributed by atoms with E-state index in [2.05, 4.69) is 6.07 Å². The molecule has 0 spiro atoms. The number of nitrogens with zero attached hydrogens (tertiary/aromatic N) is 2. The molecular weight excluding hydrogens is 339 g/mol. The predicted octanol–water partition coefficient (Wildman–Crippen LogP) is 5.93. The lowest BCUT2D eigenvalue weighted by atomic mass is 9.82. The summed E-state index contributed by atoms with van der Waals surface area (Å²) >= 11 is 0. The molecule has 0 bridgehead atoms. The zero-order valence-electron chi connectivity index (χ0n) is 14.9. The Labute approximate surface area is 157 Å². The van der Waals surface area contributed by atoms with Crippen molar-refractivity contribution in [3.05, 3.63) is 65.4 Å². The van der Waals surface area contributed by atoms with E-state index in [-0.39, 0.29) is 11.5 Å². The molecule has 0 amide bonds. The van der Waals surface area contributed by atoms with Gasteiger partial charge in [0.05, 0.1) is 22.3 Å². The summed E-state index contributed by atoms with van der Waals surface area (Å²) in [6.45, 7) is 0. The quantitative estimate of drug-likeness (QED) is 0.545. The molecule has 0 unspecified atom stereocenters. The first-order valence-electron chi connectivity index (χ1n) is 9.32. The van der Waals surface area contributed by atoms with E-state index in [4.69, 9.17) is 4.98 Å². The van der Waals surface area contributed by atoms with E-state index in [0.29, 0.717) is 16.5 Å². The van der Waals surface area contributed by atoms with Crippen molar-refractivity contribution in [2.75, 3.05) is 0 Å². The maximum Gasteiger partial charge on any atom is 0.332 e. The number of rotatable bonds is 3. The average Bonchev–Trinajstić information content (AvgIpc) is 2.73. The van der Waals surface area contributed by atoms with Gasteiger partial charge in [-0.1, -0.05) is 49.6 Å². The lowest BCUT2D eigenvalue weighted by Crippen LogP contribution is -2.10. The minimum atomic E-state index is -1.48. The second kappa shape index (κ2) is 7.28. The first-order valence-corrected chi connectivity index (χ1v) is 9.32. The van der Waals surface area contributed by atoms with Gasteiger partial charge >= 0.3 is 6.04 Å². The van der Waals surface area contributed by atoms with Crippen molar-refractivity contribution in [2.45, 2.75) is 38.0 Å². The Morgan fingerprint density at radius 1 is 1.07 bits per heavy atom. The Hall–Kier alpha value is -3.06. The number of aromatic nitrogens is 1. The van der Waals surface area contributed by atoms with E-state index in [1.54, 1.807) is 6.07 Å². The average molecular weight is 358 g/mol. The van der Waals surface area contributed by atoms with E-state index in [1.807, 2.05) is 30.3 Å². The third kappa shape index (κ3) is 3.21. The van der Waals surface area contributed by atoms with Crippen LogP contribution in [0.25, 0.3) is 22.0 Å². The molecule has 0 N–H and O–H groups in total. The second-order valence-electron chi connectivity index (χ2n) is 7.07. The topological polar surface area (TPSA) is 53.8 Å². The van der Waals surface area contributed by atoms with Gasteiger partial charge in [-0.25, -0.2) is 0 Å². The highest BCUT2D eigenvalue weighted by Gasteiger charge is 2.25. The number of benzene rings is 2. The Morgan fingerprint density at radius 2 is 1.81 bits per heavy atom. The van der Waals surface area contributed by atoms with E-state index in [0.717, 1.165) is 42.5 Å². The van der Waals surface area contributed by atoms with E-state index < -0.39 is 6.04 Å². The summed E-state index contributed by atoms with van der Waals surface area (Å²) in [6.07, 6.45) is 5.57. The molecular formula is C23H19FN2O. The molecule has 1 aliphatic rings. The molecule has 0 atom stereocenters. The minimum Gasteiger partial charge on any atom is -0.255 e. The summed E-state index contributed by atoms with van der Waals surface area (Å²) < 4.78 is 13.3. The SMILES string of the molecule is N#Cc1c(C2CCCCC2)nc2ccc(C(=O)F)cc2c1-c1ccccc1. The molecule has 4 heteroatoms. The second-order valence-corrected chi connectivity index (χ2v) is 7.07. The lowest BCUT2D eigenvalue weighted by molar-refractivity contribution is 0.0836. The summed E-state index contributed by atoms with van der Waals surface area (Å²) in [4.78, 5) is 16.1. The maximum atomic E-state index is 13.3. The maximum absolute atomic E-state index is 13.3. The largest absolute Gasteiger partial charge is 0.332 e. The Bertz CT molecular complexity index is 1050. The van der Waals surface area contributed by atoms with E-state index in [9.17, 15) is 14.4 Å². The summed E-state index contributed by atoms with van der Waals surface area (Å²) in [5.74, 6) is 0.266. The summed E-state index contributed by atoms with van der Waals surface area (Å²) in [5.41, 5.74) is 3.68. The lowest BCUT2D eigenvalue weighted by Gasteiger charge is -2.24. The van der Waals surface area contributed by atoms with Crippen LogP contribution in [-0.2, 0) is 0 Å². The van der Waals surface area contributed by atoms with Crippen molar-refractivity contribution in [3.8, 4) is 17.2 Å². The van der Waals surface area contributed by atoms with Crippen LogP contribution in [0.2, 0.25) is 0 Å². The van der Waals surface area contributed by atoms with Gasteiger partial charge in [0.1, 0.15) is 6.07 Å². The fraction of sp³-hybridized carbons (Fsp3) is 0.261. The van der Waals surface area contributed by atoms with Gasteiger partial charge in [0.15, 0.2) is 0 Å². The molecule has 0 aliphatic heterocycles. The van der Waals surface area contributed by atoms with Crippen LogP contribution in [0.4, 0.5) is 4.39 Å². The summed E-state index contributed by atoms with van der Waals surface area (Å²) in [6, 6.07) is 15.1. The molecule has 2 aromatic carbocycles. The van der Waals surface area contributed by atoms with Gasteiger partial charge in [-0.2, -0.15) is 9.65 Å². The Balaban J connectivity index is 2.05. The highest BCUT2D eigenvalue weighted by molar-refractivity contribution is 6.02. The molecule has 1 heterocycles. The van der Waals surface area contributed by atoms with Crippen LogP contribution >= 0.6 is 0 Å². The Kier molecular flexibility index (Phi) is 4.68. The van der Waals surface area contributed by atoms with Crippen LogP contribution in [0.15, 0.2) is 48.5 Å². The first kappa shape index (κ1) is 17.4. The molecule has 1 fully saturated rings. The number of hydrogen-bond donors (Lipinski definition) is 0. The van der Waals surface area contributed by atoms with Crippen LogP contribution in [0, 0.1) is 11.3 Å². The molecule has 1 aromatic heterocycles. The summed E-state index contributed by atoms with van der Waals surface area (Å²) in [7, 11) is 0.